The first-order chi connectivity index (χ1) is 13.5. The van der Waals surface area contributed by atoms with E-state index >= 15 is 0 Å². The largest absolute Gasteiger partial charge is 0.347 e. The van der Waals surface area contributed by atoms with Crippen LogP contribution in [0.4, 0.5) is 0 Å². The van der Waals surface area contributed by atoms with E-state index in [4.69, 9.17) is 0 Å². The van der Waals surface area contributed by atoms with Gasteiger partial charge in [-0.05, 0) is 36.6 Å². The molecule has 0 spiro atoms. The minimum absolute atomic E-state index is 0.0256. The number of nitrogens with zero attached hydrogens (tertiary/aromatic N) is 4. The summed E-state index contributed by atoms with van der Waals surface area (Å²) in [6.07, 6.45) is 6.59. The number of fused-ring (bicyclic) bond motifs is 1. The fourth-order valence-corrected chi connectivity index (χ4v) is 6.47. The molecule has 0 aliphatic carbocycles. The third kappa shape index (κ3) is 3.71. The van der Waals surface area contributed by atoms with Gasteiger partial charge in [-0.25, -0.2) is 8.42 Å². The molecule has 2 fully saturated rings. The lowest BCUT2D eigenvalue weighted by Gasteiger charge is -2.40. The molecule has 2 aliphatic heterocycles. The molecule has 2 saturated heterocycles. The van der Waals surface area contributed by atoms with Crippen molar-refractivity contribution in [1.82, 2.24) is 19.4 Å². The second-order valence-electron chi connectivity index (χ2n) is 7.68. The smallest absolute Gasteiger partial charge is 0.270 e. The van der Waals surface area contributed by atoms with Crippen LogP contribution in [0.25, 0.3) is 0 Å². The summed E-state index contributed by atoms with van der Waals surface area (Å²) >= 11 is 0. The third-order valence-corrected chi connectivity index (χ3v) is 8.18. The summed E-state index contributed by atoms with van der Waals surface area (Å²) in [6.45, 7) is 2.27. The molecule has 28 heavy (non-hydrogen) atoms. The van der Waals surface area contributed by atoms with Crippen LogP contribution < -0.4 is 0 Å². The van der Waals surface area contributed by atoms with Gasteiger partial charge in [0.05, 0.1) is 11.0 Å². The highest BCUT2D eigenvalue weighted by Gasteiger charge is 2.43. The number of hydrogen-bond acceptors (Lipinski definition) is 5. The Hall–Kier alpha value is -2.19. The monoisotopic (exact) mass is 402 g/mol. The highest BCUT2D eigenvalue weighted by Crippen LogP contribution is 2.29. The zero-order chi connectivity index (χ0) is 19.7. The first-order valence-corrected chi connectivity index (χ1v) is 11.4. The van der Waals surface area contributed by atoms with Gasteiger partial charge in [0.2, 0.25) is 0 Å². The number of likely N-dealkylation sites (tertiary alicyclic amines) is 1. The lowest BCUT2D eigenvalue weighted by molar-refractivity contribution is 0.0746. The van der Waals surface area contributed by atoms with Crippen LogP contribution in [0, 0.1) is 0 Å². The zero-order valence-electron chi connectivity index (χ0n) is 16.1. The Labute approximate surface area is 165 Å². The van der Waals surface area contributed by atoms with Crippen LogP contribution in [0.1, 0.15) is 28.9 Å². The molecule has 2 aromatic heterocycles. The fourth-order valence-electron chi connectivity index (χ4n) is 4.43. The first kappa shape index (κ1) is 19.1. The van der Waals surface area contributed by atoms with E-state index in [0.717, 1.165) is 5.56 Å². The van der Waals surface area contributed by atoms with Gasteiger partial charge >= 0.3 is 0 Å². The average Bonchev–Trinajstić information content (AvgIpc) is 2.97. The van der Waals surface area contributed by atoms with E-state index in [0.29, 0.717) is 44.7 Å². The molecule has 4 rings (SSSR count). The number of pyridine rings is 1. The molecule has 4 heterocycles. The van der Waals surface area contributed by atoms with E-state index in [9.17, 15) is 13.2 Å². The predicted molar refractivity (Wildman–Crippen MR) is 107 cm³/mol. The highest BCUT2D eigenvalue weighted by atomic mass is 32.2. The molecule has 2 atom stereocenters. The Kier molecular flexibility index (Phi) is 5.25. The van der Waals surface area contributed by atoms with Crippen molar-refractivity contribution in [3.63, 3.8) is 0 Å². The number of aryl methyl sites for hydroxylation is 1. The summed E-state index contributed by atoms with van der Waals surface area (Å²) in [5, 5.41) is -0.413. The van der Waals surface area contributed by atoms with Crippen molar-refractivity contribution in [2.45, 2.75) is 30.7 Å². The Morgan fingerprint density at radius 2 is 2.00 bits per heavy atom. The van der Waals surface area contributed by atoms with Gasteiger partial charge in [-0.15, -0.1) is 0 Å². The van der Waals surface area contributed by atoms with Gasteiger partial charge in [-0.1, -0.05) is 6.07 Å². The number of carbonyl (C=O) groups is 1. The van der Waals surface area contributed by atoms with E-state index in [1.54, 1.807) is 6.20 Å². The molecule has 150 valence electrons. The van der Waals surface area contributed by atoms with Crippen molar-refractivity contribution in [1.29, 1.82) is 0 Å². The van der Waals surface area contributed by atoms with Gasteiger partial charge in [0.1, 0.15) is 5.69 Å². The highest BCUT2D eigenvalue weighted by molar-refractivity contribution is 7.92. The topological polar surface area (TPSA) is 75.5 Å². The van der Waals surface area contributed by atoms with Gasteiger partial charge in [-0.2, -0.15) is 0 Å². The minimum Gasteiger partial charge on any atom is -0.347 e. The molecule has 0 radical (unpaired) electrons. The van der Waals surface area contributed by atoms with Crippen LogP contribution in [-0.2, 0) is 23.4 Å². The van der Waals surface area contributed by atoms with Crippen LogP contribution in [0.3, 0.4) is 0 Å². The molecule has 0 aromatic carbocycles. The first-order valence-electron chi connectivity index (χ1n) is 9.71. The maximum absolute atomic E-state index is 12.9. The van der Waals surface area contributed by atoms with Crippen LogP contribution in [-0.4, -0.2) is 70.4 Å². The lowest BCUT2D eigenvalue weighted by atomic mass is 10.1. The van der Waals surface area contributed by atoms with E-state index in [1.807, 2.05) is 53.2 Å². The number of sulfone groups is 1. The van der Waals surface area contributed by atoms with E-state index in [-0.39, 0.29) is 17.7 Å². The van der Waals surface area contributed by atoms with Crippen LogP contribution in [0.15, 0.2) is 42.9 Å². The summed E-state index contributed by atoms with van der Waals surface area (Å²) in [5.41, 5.74) is 1.72. The van der Waals surface area contributed by atoms with Gasteiger partial charge in [0.15, 0.2) is 9.84 Å². The summed E-state index contributed by atoms with van der Waals surface area (Å²) < 4.78 is 27.4. The average molecular weight is 403 g/mol. The molecular weight excluding hydrogens is 376 g/mol. The summed E-state index contributed by atoms with van der Waals surface area (Å²) in [4.78, 5) is 21.2. The molecule has 1 amide bonds. The van der Waals surface area contributed by atoms with Crippen LogP contribution >= 0.6 is 0 Å². The molecule has 0 bridgehead atoms. The molecule has 7 nitrogen and oxygen atoms in total. The normalized spacial score (nSPS) is 25.1. The standard InChI is InChI=1S/C20H26N4O3S/c1-22-9-3-5-18(22)20(25)23-10-6-17-19(7-11-23)28(26,27)13-12-24(17)15-16-4-2-8-21-14-16/h2-5,8-9,14,17,19H,6-7,10-13,15H2,1H3/t17-,19+/m0/s1. The summed E-state index contributed by atoms with van der Waals surface area (Å²) in [6, 6.07) is 7.52. The zero-order valence-corrected chi connectivity index (χ0v) is 16.9. The number of hydrogen-bond donors (Lipinski definition) is 0. The number of rotatable bonds is 3. The quantitative estimate of drug-likeness (QED) is 0.774. The second-order valence-corrected chi connectivity index (χ2v) is 10.0. The minimum atomic E-state index is -3.14. The maximum Gasteiger partial charge on any atom is 0.270 e. The Bertz CT molecular complexity index is 941. The number of aromatic nitrogens is 2. The predicted octanol–water partition coefficient (Wildman–Crippen LogP) is 1.32. The molecule has 0 unspecified atom stereocenters. The number of amides is 1. The lowest BCUT2D eigenvalue weighted by Crippen LogP contribution is -2.54. The van der Waals surface area contributed by atoms with Gasteiger partial charge < -0.3 is 9.47 Å². The Balaban J connectivity index is 1.54. The number of carbonyl (C=O) groups excluding carboxylic acids is 1. The Morgan fingerprint density at radius 3 is 2.71 bits per heavy atom. The van der Waals surface area contributed by atoms with Crippen molar-refractivity contribution in [2.75, 3.05) is 25.4 Å². The van der Waals surface area contributed by atoms with Crippen LogP contribution in [0.2, 0.25) is 0 Å². The van der Waals surface area contributed by atoms with E-state index < -0.39 is 15.1 Å². The summed E-state index contributed by atoms with van der Waals surface area (Å²) in [5.74, 6) is 0.155. The third-order valence-electron chi connectivity index (χ3n) is 5.96. The maximum atomic E-state index is 12.9. The van der Waals surface area contributed by atoms with E-state index in [1.165, 1.54) is 0 Å². The second kappa shape index (κ2) is 7.67. The molecular formula is C20H26N4O3S. The fraction of sp³-hybridized carbons (Fsp3) is 0.500. The van der Waals surface area contributed by atoms with Crippen molar-refractivity contribution in [3.05, 3.63) is 54.1 Å². The Morgan fingerprint density at radius 1 is 1.18 bits per heavy atom. The molecule has 2 aliphatic rings. The molecule has 2 aromatic rings. The van der Waals surface area contributed by atoms with Gasteiger partial charge in [-0.3, -0.25) is 14.7 Å². The van der Waals surface area contributed by atoms with Gasteiger partial charge in [0.25, 0.3) is 5.91 Å². The van der Waals surface area contributed by atoms with Crippen molar-refractivity contribution in [2.24, 2.45) is 7.05 Å². The SMILES string of the molecule is Cn1cccc1C(=O)N1CC[C@@H]2[C@H](CC1)N(Cc1cccnc1)CCS2(=O)=O. The molecule has 0 N–H and O–H groups in total. The molecule has 8 heteroatoms. The van der Waals surface area contributed by atoms with Gasteiger partial charge in [0, 0.05) is 57.9 Å². The summed E-state index contributed by atoms with van der Waals surface area (Å²) in [7, 11) is -1.29. The van der Waals surface area contributed by atoms with Crippen molar-refractivity contribution in [3.8, 4) is 0 Å². The van der Waals surface area contributed by atoms with Crippen molar-refractivity contribution >= 4 is 15.7 Å². The van der Waals surface area contributed by atoms with E-state index in [2.05, 4.69) is 9.88 Å². The van der Waals surface area contributed by atoms with Crippen molar-refractivity contribution < 1.29 is 13.2 Å². The van der Waals surface area contributed by atoms with Crippen LogP contribution in [0.5, 0.6) is 0 Å². The molecule has 0 saturated carbocycles.